The summed E-state index contributed by atoms with van der Waals surface area (Å²) >= 11 is 5.86. The normalized spacial score (nSPS) is 15.1. The summed E-state index contributed by atoms with van der Waals surface area (Å²) in [5.41, 5.74) is 5.91. The Morgan fingerprint density at radius 2 is 2.05 bits per heavy atom. The van der Waals surface area contributed by atoms with Crippen molar-refractivity contribution in [3.8, 4) is 0 Å². The largest absolute Gasteiger partial charge is 0.399 e. The highest BCUT2D eigenvalue weighted by molar-refractivity contribution is 7.89. The number of hydrogen-bond acceptors (Lipinski definition) is 4. The molecule has 0 saturated heterocycles. The van der Waals surface area contributed by atoms with Gasteiger partial charge >= 0.3 is 0 Å². The molecule has 2 rings (SSSR count). The maximum Gasteiger partial charge on any atom is 0.242 e. The van der Waals surface area contributed by atoms with Gasteiger partial charge in [0.25, 0.3) is 0 Å². The number of nitrogens with one attached hydrogen (secondary N) is 2. The first kappa shape index (κ1) is 15.1. The lowest BCUT2D eigenvalue weighted by atomic mass is 10.3. The number of hydrogen-bond donors (Lipinski definition) is 3. The Labute approximate surface area is 122 Å². The first-order valence-electron chi connectivity index (χ1n) is 6.22. The van der Waals surface area contributed by atoms with Gasteiger partial charge in [-0.05, 0) is 31.0 Å². The molecule has 0 unspecified atom stereocenters. The lowest BCUT2D eigenvalue weighted by Gasteiger charge is -2.09. The number of halogens is 1. The Kier molecular flexibility index (Phi) is 4.52. The predicted octanol–water partition coefficient (Wildman–Crippen LogP) is 0.727. The molecular weight excluding hydrogens is 302 g/mol. The summed E-state index contributed by atoms with van der Waals surface area (Å²) in [6.07, 6.45) is 1.83. The molecular formula is C12H16ClN3O3S. The second-order valence-corrected chi connectivity index (χ2v) is 6.80. The summed E-state index contributed by atoms with van der Waals surface area (Å²) in [6.45, 7) is 0.364. The van der Waals surface area contributed by atoms with E-state index in [1.807, 2.05) is 0 Å². The molecule has 1 aliphatic rings. The number of nitrogen functional groups attached to an aromatic ring is 1. The molecule has 8 heteroatoms. The van der Waals surface area contributed by atoms with Crippen LogP contribution in [0.2, 0.25) is 5.02 Å². The van der Waals surface area contributed by atoms with E-state index in [0.29, 0.717) is 5.69 Å². The minimum atomic E-state index is -3.70. The Balaban J connectivity index is 1.88. The molecule has 0 aromatic heterocycles. The second kappa shape index (κ2) is 5.99. The Hall–Kier alpha value is -1.31. The van der Waals surface area contributed by atoms with Gasteiger partial charge in [0.1, 0.15) is 4.90 Å². The highest BCUT2D eigenvalue weighted by Crippen LogP contribution is 2.28. The van der Waals surface area contributed by atoms with Crippen molar-refractivity contribution in [1.82, 2.24) is 10.0 Å². The third-order valence-corrected chi connectivity index (χ3v) is 4.85. The standard InChI is InChI=1S/C12H16ClN3O3S/c13-10-7-9(14)3-4-11(10)20(18,19)16-6-5-15-12(17)8-1-2-8/h3-4,7-8,16H,1-2,5-6,14H2,(H,15,17). The van der Waals surface area contributed by atoms with Gasteiger partial charge in [0.2, 0.25) is 15.9 Å². The minimum Gasteiger partial charge on any atom is -0.399 e. The molecule has 4 N–H and O–H groups in total. The maximum absolute atomic E-state index is 12.0. The molecule has 0 aliphatic heterocycles. The molecule has 20 heavy (non-hydrogen) atoms. The number of sulfonamides is 1. The van der Waals surface area contributed by atoms with Crippen molar-refractivity contribution < 1.29 is 13.2 Å². The van der Waals surface area contributed by atoms with Gasteiger partial charge in [-0.3, -0.25) is 4.79 Å². The van der Waals surface area contributed by atoms with Crippen LogP contribution in [0.4, 0.5) is 5.69 Å². The Morgan fingerprint density at radius 3 is 2.65 bits per heavy atom. The Morgan fingerprint density at radius 1 is 1.35 bits per heavy atom. The third-order valence-electron chi connectivity index (χ3n) is 2.91. The van der Waals surface area contributed by atoms with Crippen LogP contribution in [0, 0.1) is 5.92 Å². The van der Waals surface area contributed by atoms with E-state index in [4.69, 9.17) is 17.3 Å². The fourth-order valence-electron chi connectivity index (χ4n) is 1.67. The summed E-state index contributed by atoms with van der Waals surface area (Å²) in [6, 6.07) is 4.20. The van der Waals surface area contributed by atoms with Crippen molar-refractivity contribution in [2.24, 2.45) is 5.92 Å². The zero-order chi connectivity index (χ0) is 14.8. The van der Waals surface area contributed by atoms with Crippen molar-refractivity contribution in [3.05, 3.63) is 23.2 Å². The Bertz CT molecular complexity index is 614. The summed E-state index contributed by atoms with van der Waals surface area (Å²) < 4.78 is 26.4. The van der Waals surface area contributed by atoms with Gasteiger partial charge in [0.05, 0.1) is 5.02 Å². The van der Waals surface area contributed by atoms with E-state index in [9.17, 15) is 13.2 Å². The average molecular weight is 318 g/mol. The van der Waals surface area contributed by atoms with Gasteiger partial charge < -0.3 is 11.1 Å². The summed E-state index contributed by atoms with van der Waals surface area (Å²) in [5.74, 6) is 0.0906. The van der Waals surface area contributed by atoms with Crippen LogP contribution in [0.1, 0.15) is 12.8 Å². The number of rotatable bonds is 6. The molecule has 110 valence electrons. The van der Waals surface area contributed by atoms with E-state index < -0.39 is 10.0 Å². The molecule has 1 saturated carbocycles. The van der Waals surface area contributed by atoms with Gasteiger partial charge in [-0.1, -0.05) is 11.6 Å². The summed E-state index contributed by atoms with van der Waals surface area (Å²) in [7, 11) is -3.70. The second-order valence-electron chi connectivity index (χ2n) is 4.65. The zero-order valence-corrected chi connectivity index (χ0v) is 12.3. The van der Waals surface area contributed by atoms with E-state index in [0.717, 1.165) is 12.8 Å². The van der Waals surface area contributed by atoms with Crippen LogP contribution in [-0.4, -0.2) is 27.4 Å². The molecule has 0 radical (unpaired) electrons. The first-order valence-corrected chi connectivity index (χ1v) is 8.08. The SMILES string of the molecule is Nc1ccc(S(=O)(=O)NCCNC(=O)C2CC2)c(Cl)c1. The average Bonchev–Trinajstić information content (AvgIpc) is 3.18. The van der Waals surface area contributed by atoms with Crippen LogP contribution in [0.15, 0.2) is 23.1 Å². The van der Waals surface area contributed by atoms with Crippen LogP contribution in [0.25, 0.3) is 0 Å². The molecule has 1 aliphatic carbocycles. The molecule has 0 atom stereocenters. The quantitative estimate of drug-likeness (QED) is 0.531. The van der Waals surface area contributed by atoms with Crippen molar-refractivity contribution in [3.63, 3.8) is 0 Å². The van der Waals surface area contributed by atoms with Crippen LogP contribution in [0.5, 0.6) is 0 Å². The van der Waals surface area contributed by atoms with Crippen LogP contribution >= 0.6 is 11.6 Å². The van der Waals surface area contributed by atoms with Gasteiger partial charge in [0, 0.05) is 24.7 Å². The van der Waals surface area contributed by atoms with Gasteiger partial charge in [-0.2, -0.15) is 0 Å². The highest BCUT2D eigenvalue weighted by Gasteiger charge is 2.29. The van der Waals surface area contributed by atoms with E-state index in [2.05, 4.69) is 10.0 Å². The van der Waals surface area contributed by atoms with Gasteiger partial charge in [-0.15, -0.1) is 0 Å². The lowest BCUT2D eigenvalue weighted by molar-refractivity contribution is -0.122. The predicted molar refractivity (Wildman–Crippen MR) is 76.8 cm³/mol. The number of benzene rings is 1. The van der Waals surface area contributed by atoms with Gasteiger partial charge in [0.15, 0.2) is 0 Å². The number of amides is 1. The van der Waals surface area contributed by atoms with Crippen molar-refractivity contribution in [2.45, 2.75) is 17.7 Å². The molecule has 1 amide bonds. The molecule has 6 nitrogen and oxygen atoms in total. The molecule has 1 aromatic rings. The van der Waals surface area contributed by atoms with Crippen molar-refractivity contribution in [1.29, 1.82) is 0 Å². The summed E-state index contributed by atoms with van der Waals surface area (Å²) in [4.78, 5) is 11.3. The smallest absolute Gasteiger partial charge is 0.242 e. The lowest BCUT2D eigenvalue weighted by Crippen LogP contribution is -2.35. The summed E-state index contributed by atoms with van der Waals surface area (Å²) in [5, 5.41) is 2.74. The van der Waals surface area contributed by atoms with Crippen LogP contribution in [-0.2, 0) is 14.8 Å². The van der Waals surface area contributed by atoms with E-state index in [1.54, 1.807) is 0 Å². The number of carbonyl (C=O) groups is 1. The number of anilines is 1. The highest BCUT2D eigenvalue weighted by atomic mass is 35.5. The third kappa shape index (κ3) is 3.84. The zero-order valence-electron chi connectivity index (χ0n) is 10.7. The molecule has 0 heterocycles. The fraction of sp³-hybridized carbons (Fsp3) is 0.417. The first-order chi connectivity index (χ1) is 9.40. The maximum atomic E-state index is 12.0. The van der Waals surface area contributed by atoms with Gasteiger partial charge in [-0.25, -0.2) is 13.1 Å². The fourth-order valence-corrected chi connectivity index (χ4v) is 3.26. The molecule has 0 spiro atoms. The number of carbonyl (C=O) groups excluding carboxylic acids is 1. The molecule has 1 fully saturated rings. The van der Waals surface area contributed by atoms with Crippen molar-refractivity contribution >= 4 is 33.2 Å². The van der Waals surface area contributed by atoms with Crippen LogP contribution < -0.4 is 15.8 Å². The van der Waals surface area contributed by atoms with E-state index >= 15 is 0 Å². The molecule has 0 bridgehead atoms. The van der Waals surface area contributed by atoms with Crippen molar-refractivity contribution in [2.75, 3.05) is 18.8 Å². The van der Waals surface area contributed by atoms with Crippen LogP contribution in [0.3, 0.4) is 0 Å². The van der Waals surface area contributed by atoms with E-state index in [1.165, 1.54) is 18.2 Å². The molecule has 1 aromatic carbocycles. The monoisotopic (exact) mass is 317 g/mol. The number of nitrogens with two attached hydrogens (primary N) is 1. The van der Waals surface area contributed by atoms with E-state index in [-0.39, 0.29) is 34.8 Å². The topological polar surface area (TPSA) is 101 Å². The minimum absolute atomic E-state index is 0.0188.